The number of hydrogen-bond acceptors (Lipinski definition) is 3. The quantitative estimate of drug-likeness (QED) is 0.866. The molecule has 2 aromatic heterocycles. The molecule has 0 unspecified atom stereocenters. The number of aryl methyl sites for hydroxylation is 1. The number of carbonyl (C=O) groups is 1. The Morgan fingerprint density at radius 2 is 1.95 bits per heavy atom. The van der Waals surface area contributed by atoms with Crippen LogP contribution in [0.3, 0.4) is 0 Å². The van der Waals surface area contributed by atoms with Crippen molar-refractivity contribution in [1.29, 1.82) is 0 Å². The Morgan fingerprint density at radius 3 is 2.53 bits per heavy atom. The van der Waals surface area contributed by atoms with Crippen molar-refractivity contribution in [3.8, 4) is 0 Å². The van der Waals surface area contributed by atoms with Crippen LogP contribution >= 0.6 is 0 Å². The van der Waals surface area contributed by atoms with E-state index in [1.807, 2.05) is 0 Å². The average molecular weight is 269 g/mol. The summed E-state index contributed by atoms with van der Waals surface area (Å²) < 4.78 is 37.9. The van der Waals surface area contributed by atoms with E-state index in [4.69, 9.17) is 0 Å². The van der Waals surface area contributed by atoms with Crippen LogP contribution in [0, 0.1) is 6.92 Å². The van der Waals surface area contributed by atoms with Gasteiger partial charge in [0.25, 0.3) is 0 Å². The maximum absolute atomic E-state index is 12.6. The number of halogens is 3. The minimum absolute atomic E-state index is 0.0430. The average Bonchev–Trinajstić information content (AvgIpc) is 2.26. The van der Waals surface area contributed by atoms with E-state index in [1.165, 1.54) is 13.0 Å². The van der Waals surface area contributed by atoms with Crippen LogP contribution in [-0.2, 0) is 11.0 Å². The Kier molecular flexibility index (Phi) is 3.13. The molecule has 0 spiro atoms. The minimum Gasteiger partial charge on any atom is -0.311 e. The molecule has 2 heterocycles. The van der Waals surface area contributed by atoms with Crippen LogP contribution in [0.25, 0.3) is 11.0 Å². The molecule has 0 fully saturated rings. The second-order valence-electron chi connectivity index (χ2n) is 4.07. The molecule has 4 nitrogen and oxygen atoms in total. The largest absolute Gasteiger partial charge is 0.433 e. The van der Waals surface area contributed by atoms with Crippen LogP contribution in [0.15, 0.2) is 18.2 Å². The SMILES string of the molecule is CC(=O)Nc1ccc2c(C)cc(C(F)(F)F)nc2n1. The molecule has 0 aliphatic heterocycles. The molecule has 0 radical (unpaired) electrons. The van der Waals surface area contributed by atoms with E-state index in [1.54, 1.807) is 13.0 Å². The summed E-state index contributed by atoms with van der Waals surface area (Å²) in [5.74, 6) is -0.179. The first-order valence-corrected chi connectivity index (χ1v) is 5.40. The number of aromatic nitrogens is 2. The molecule has 100 valence electrons. The highest BCUT2D eigenvalue weighted by Crippen LogP contribution is 2.30. The Balaban J connectivity index is 2.60. The maximum atomic E-state index is 12.6. The van der Waals surface area contributed by atoms with Crippen molar-refractivity contribution < 1.29 is 18.0 Å². The first-order valence-electron chi connectivity index (χ1n) is 5.40. The van der Waals surface area contributed by atoms with E-state index in [9.17, 15) is 18.0 Å². The molecule has 0 aliphatic rings. The van der Waals surface area contributed by atoms with Gasteiger partial charge in [-0.3, -0.25) is 4.79 Å². The van der Waals surface area contributed by atoms with Gasteiger partial charge < -0.3 is 5.32 Å². The molecule has 19 heavy (non-hydrogen) atoms. The third-order valence-electron chi connectivity index (χ3n) is 2.47. The van der Waals surface area contributed by atoms with E-state index in [0.29, 0.717) is 10.9 Å². The molecule has 7 heteroatoms. The number of nitrogens with zero attached hydrogens (tertiary/aromatic N) is 2. The lowest BCUT2D eigenvalue weighted by molar-refractivity contribution is -0.141. The van der Waals surface area contributed by atoms with Gasteiger partial charge in [-0.1, -0.05) is 0 Å². The van der Waals surface area contributed by atoms with Crippen LogP contribution < -0.4 is 5.32 Å². The van der Waals surface area contributed by atoms with Crippen LogP contribution in [-0.4, -0.2) is 15.9 Å². The van der Waals surface area contributed by atoms with Gasteiger partial charge in [-0.15, -0.1) is 0 Å². The first kappa shape index (κ1) is 13.3. The Morgan fingerprint density at radius 1 is 1.26 bits per heavy atom. The van der Waals surface area contributed by atoms with E-state index >= 15 is 0 Å². The van der Waals surface area contributed by atoms with E-state index in [0.717, 1.165) is 6.07 Å². The van der Waals surface area contributed by atoms with Crippen LogP contribution in [0.1, 0.15) is 18.2 Å². The van der Waals surface area contributed by atoms with Crippen molar-refractivity contribution in [3.05, 3.63) is 29.5 Å². The Hall–Kier alpha value is -2.18. The van der Waals surface area contributed by atoms with Crippen molar-refractivity contribution in [2.24, 2.45) is 0 Å². The third kappa shape index (κ3) is 2.81. The summed E-state index contributed by atoms with van der Waals surface area (Å²) in [7, 11) is 0. The normalized spacial score (nSPS) is 11.6. The smallest absolute Gasteiger partial charge is 0.311 e. The maximum Gasteiger partial charge on any atom is 0.433 e. The van der Waals surface area contributed by atoms with Gasteiger partial charge in [0.2, 0.25) is 5.91 Å². The van der Waals surface area contributed by atoms with E-state index in [-0.39, 0.29) is 17.4 Å². The Bertz CT molecular complexity index is 652. The first-order chi connectivity index (χ1) is 8.77. The number of pyridine rings is 2. The zero-order valence-corrected chi connectivity index (χ0v) is 10.2. The third-order valence-corrected chi connectivity index (χ3v) is 2.47. The minimum atomic E-state index is -4.52. The molecule has 2 rings (SSSR count). The Labute approximate surface area is 106 Å². The predicted molar refractivity (Wildman–Crippen MR) is 63.6 cm³/mol. The van der Waals surface area contributed by atoms with Gasteiger partial charge in [-0.2, -0.15) is 13.2 Å². The number of carbonyl (C=O) groups excluding carboxylic acids is 1. The lowest BCUT2D eigenvalue weighted by atomic mass is 10.1. The number of rotatable bonds is 1. The lowest BCUT2D eigenvalue weighted by Gasteiger charge is -2.09. The van der Waals surface area contributed by atoms with Gasteiger partial charge in [0, 0.05) is 12.3 Å². The highest BCUT2D eigenvalue weighted by Gasteiger charge is 2.33. The fourth-order valence-corrected chi connectivity index (χ4v) is 1.67. The van der Waals surface area contributed by atoms with Gasteiger partial charge in [-0.05, 0) is 30.7 Å². The predicted octanol–water partition coefficient (Wildman–Crippen LogP) is 2.92. The number of fused-ring (bicyclic) bond motifs is 1. The van der Waals surface area contributed by atoms with Crippen LogP contribution in [0.2, 0.25) is 0 Å². The fraction of sp³-hybridized carbons (Fsp3) is 0.250. The highest BCUT2D eigenvalue weighted by atomic mass is 19.4. The molecule has 1 amide bonds. The zero-order valence-electron chi connectivity index (χ0n) is 10.2. The molecule has 0 aromatic carbocycles. The molecule has 0 saturated carbocycles. The summed E-state index contributed by atoms with van der Waals surface area (Å²) in [4.78, 5) is 18.3. The summed E-state index contributed by atoms with van der Waals surface area (Å²) in [6, 6.07) is 4.07. The molecule has 2 aromatic rings. The van der Waals surface area contributed by atoms with Gasteiger partial charge in [0.05, 0.1) is 0 Å². The lowest BCUT2D eigenvalue weighted by Crippen LogP contribution is -2.10. The molecule has 0 atom stereocenters. The van der Waals surface area contributed by atoms with E-state index < -0.39 is 11.9 Å². The van der Waals surface area contributed by atoms with Crippen LogP contribution in [0.5, 0.6) is 0 Å². The van der Waals surface area contributed by atoms with Gasteiger partial charge in [-0.25, -0.2) is 9.97 Å². The second kappa shape index (κ2) is 4.49. The molecule has 0 aliphatic carbocycles. The zero-order chi connectivity index (χ0) is 14.2. The monoisotopic (exact) mass is 269 g/mol. The summed E-state index contributed by atoms with van der Waals surface area (Å²) in [5, 5.41) is 2.92. The van der Waals surface area contributed by atoms with Crippen LogP contribution in [0.4, 0.5) is 19.0 Å². The van der Waals surface area contributed by atoms with E-state index in [2.05, 4.69) is 15.3 Å². The summed E-state index contributed by atoms with van der Waals surface area (Å²) in [5.41, 5.74) is -0.609. The second-order valence-corrected chi connectivity index (χ2v) is 4.07. The molecule has 1 N–H and O–H groups in total. The number of nitrogens with one attached hydrogen (secondary N) is 1. The van der Waals surface area contributed by atoms with Gasteiger partial charge in [0.1, 0.15) is 11.5 Å². The molecule has 0 bridgehead atoms. The van der Waals surface area contributed by atoms with Crippen molar-refractivity contribution in [1.82, 2.24) is 9.97 Å². The molecular weight excluding hydrogens is 259 g/mol. The standard InChI is InChI=1S/C12H10F3N3O/c1-6-5-9(12(13,14)15)17-11-8(6)3-4-10(18-11)16-7(2)19/h3-5H,1-2H3,(H,16,17,18,19). The summed E-state index contributed by atoms with van der Waals surface area (Å²) in [6.45, 7) is 2.84. The van der Waals surface area contributed by atoms with Crippen molar-refractivity contribution in [2.45, 2.75) is 20.0 Å². The topological polar surface area (TPSA) is 54.9 Å². The fourth-order valence-electron chi connectivity index (χ4n) is 1.67. The van der Waals surface area contributed by atoms with Crippen molar-refractivity contribution in [3.63, 3.8) is 0 Å². The number of hydrogen-bond donors (Lipinski definition) is 1. The molecular formula is C12H10F3N3O. The van der Waals surface area contributed by atoms with Gasteiger partial charge >= 0.3 is 6.18 Å². The number of amides is 1. The number of alkyl halides is 3. The summed E-state index contributed by atoms with van der Waals surface area (Å²) in [6.07, 6.45) is -4.52. The van der Waals surface area contributed by atoms with Gasteiger partial charge in [0.15, 0.2) is 5.65 Å². The highest BCUT2D eigenvalue weighted by molar-refractivity contribution is 5.89. The van der Waals surface area contributed by atoms with Crippen molar-refractivity contribution in [2.75, 3.05) is 5.32 Å². The number of anilines is 1. The van der Waals surface area contributed by atoms with Crippen molar-refractivity contribution >= 4 is 22.8 Å². The summed E-state index contributed by atoms with van der Waals surface area (Å²) >= 11 is 0. The molecule has 0 saturated heterocycles.